The van der Waals surface area contributed by atoms with E-state index >= 15 is 0 Å². The molecule has 1 amide bonds. The van der Waals surface area contributed by atoms with Crippen LogP contribution in [0.3, 0.4) is 0 Å². The number of nitrogens with one attached hydrogen (secondary N) is 1. The number of benzene rings is 2. The second-order valence-corrected chi connectivity index (χ2v) is 8.32. The fourth-order valence-electron chi connectivity index (χ4n) is 2.99. The van der Waals surface area contributed by atoms with Crippen molar-refractivity contribution in [3.05, 3.63) is 59.7 Å². The number of likely N-dealkylation sites (tertiary alicyclic amines) is 1. The first-order chi connectivity index (χ1) is 13.2. The molecule has 2 aromatic rings. The molecule has 0 unspecified atom stereocenters. The Bertz CT molecular complexity index is 956. The Morgan fingerprint density at radius 2 is 1.75 bits per heavy atom. The molecule has 1 aliphatic heterocycles. The van der Waals surface area contributed by atoms with Crippen LogP contribution in [0.25, 0.3) is 0 Å². The first-order valence-corrected chi connectivity index (χ1v) is 10.3. The van der Waals surface area contributed by atoms with Crippen LogP contribution in [0.1, 0.15) is 18.4 Å². The van der Waals surface area contributed by atoms with Crippen molar-refractivity contribution in [3.63, 3.8) is 0 Å². The molecular weight excluding hydrogens is 390 g/mol. The Kier molecular flexibility index (Phi) is 5.95. The Labute approximate surface area is 161 Å². The number of hydrogen-bond donors (Lipinski definition) is 2. The molecule has 0 bridgehead atoms. The van der Waals surface area contributed by atoms with Crippen molar-refractivity contribution in [2.45, 2.75) is 30.3 Å². The number of nitrogens with zero attached hydrogens (tertiary/aromatic N) is 1. The van der Waals surface area contributed by atoms with E-state index in [4.69, 9.17) is 0 Å². The van der Waals surface area contributed by atoms with Crippen LogP contribution in [0.15, 0.2) is 47.4 Å². The van der Waals surface area contributed by atoms with Crippen LogP contribution in [0.2, 0.25) is 0 Å². The first-order valence-electron chi connectivity index (χ1n) is 8.77. The Morgan fingerprint density at radius 1 is 1.11 bits per heavy atom. The fourth-order valence-corrected chi connectivity index (χ4v) is 4.13. The lowest BCUT2D eigenvalue weighted by Gasteiger charge is -2.29. The number of hydrogen-bond acceptors (Lipinski definition) is 4. The zero-order chi connectivity index (χ0) is 20.3. The number of aliphatic hydroxyl groups excluding tert-OH is 1. The highest BCUT2D eigenvalue weighted by atomic mass is 32.2. The number of amides is 1. The summed E-state index contributed by atoms with van der Waals surface area (Å²) < 4.78 is 53.7. The summed E-state index contributed by atoms with van der Waals surface area (Å²) in [5.41, 5.74) is 0.858. The van der Waals surface area contributed by atoms with Gasteiger partial charge in [-0.1, -0.05) is 12.1 Å². The minimum atomic E-state index is -4.29. The highest BCUT2D eigenvalue weighted by molar-refractivity contribution is 7.92. The number of rotatable bonds is 5. The third-order valence-corrected chi connectivity index (χ3v) is 5.96. The summed E-state index contributed by atoms with van der Waals surface area (Å²) in [4.78, 5) is 13.2. The van der Waals surface area contributed by atoms with Crippen LogP contribution in [0.4, 0.5) is 14.5 Å². The van der Waals surface area contributed by atoms with E-state index in [1.807, 2.05) is 0 Å². The standard InChI is InChI=1S/C19H20F2N2O4S/c20-14-3-6-17(21)18(12-14)28(26,27)22-15-4-1-13(2-5-15)11-19(25)23-9-7-16(24)8-10-23/h1-6,12,16,22,24H,7-11H2. The van der Waals surface area contributed by atoms with Gasteiger partial charge >= 0.3 is 0 Å². The maximum Gasteiger partial charge on any atom is 0.264 e. The summed E-state index contributed by atoms with van der Waals surface area (Å²) in [7, 11) is -4.29. The number of carbonyl (C=O) groups excluding carboxylic acids is 1. The van der Waals surface area contributed by atoms with Gasteiger partial charge in [-0.25, -0.2) is 17.2 Å². The van der Waals surface area contributed by atoms with Gasteiger partial charge in [0.25, 0.3) is 10.0 Å². The van der Waals surface area contributed by atoms with E-state index in [2.05, 4.69) is 4.72 Å². The molecule has 0 saturated carbocycles. The molecule has 1 saturated heterocycles. The maximum absolute atomic E-state index is 13.7. The summed E-state index contributed by atoms with van der Waals surface area (Å²) in [6.45, 7) is 1.02. The molecule has 0 spiro atoms. The molecule has 3 rings (SSSR count). The summed E-state index contributed by atoms with van der Waals surface area (Å²) in [6, 6.07) is 8.29. The van der Waals surface area contributed by atoms with E-state index < -0.39 is 26.6 Å². The molecule has 0 aliphatic carbocycles. The van der Waals surface area contributed by atoms with Gasteiger partial charge in [0, 0.05) is 18.8 Å². The zero-order valence-corrected chi connectivity index (χ0v) is 15.8. The summed E-state index contributed by atoms with van der Waals surface area (Å²) in [5, 5.41) is 9.50. The van der Waals surface area contributed by atoms with Crippen LogP contribution >= 0.6 is 0 Å². The van der Waals surface area contributed by atoms with Crippen LogP contribution in [0.5, 0.6) is 0 Å². The third-order valence-electron chi connectivity index (χ3n) is 4.56. The van der Waals surface area contributed by atoms with Crippen molar-refractivity contribution in [1.82, 2.24) is 4.90 Å². The van der Waals surface area contributed by atoms with Gasteiger partial charge in [-0.2, -0.15) is 0 Å². The van der Waals surface area contributed by atoms with E-state index in [1.54, 1.807) is 17.0 Å². The van der Waals surface area contributed by atoms with Gasteiger partial charge in [0.2, 0.25) is 5.91 Å². The highest BCUT2D eigenvalue weighted by Crippen LogP contribution is 2.21. The lowest BCUT2D eigenvalue weighted by molar-refractivity contribution is -0.132. The van der Waals surface area contributed by atoms with Crippen molar-refractivity contribution in [3.8, 4) is 0 Å². The third kappa shape index (κ3) is 4.85. The number of piperidine rings is 1. The minimum Gasteiger partial charge on any atom is -0.393 e. The second kappa shape index (κ2) is 8.24. The number of halogens is 2. The molecule has 0 radical (unpaired) electrons. The van der Waals surface area contributed by atoms with Gasteiger partial charge in [0.15, 0.2) is 0 Å². The monoisotopic (exact) mass is 410 g/mol. The molecule has 1 heterocycles. The number of sulfonamides is 1. The van der Waals surface area contributed by atoms with Gasteiger partial charge < -0.3 is 10.0 Å². The summed E-state index contributed by atoms with van der Waals surface area (Å²) in [5.74, 6) is -1.98. The molecule has 150 valence electrons. The van der Waals surface area contributed by atoms with Gasteiger partial charge in [-0.3, -0.25) is 9.52 Å². The predicted molar refractivity (Wildman–Crippen MR) is 99.1 cm³/mol. The van der Waals surface area contributed by atoms with E-state index in [1.165, 1.54) is 12.1 Å². The molecule has 2 aromatic carbocycles. The lowest BCUT2D eigenvalue weighted by Crippen LogP contribution is -2.40. The van der Waals surface area contributed by atoms with Gasteiger partial charge in [-0.05, 0) is 48.7 Å². The molecule has 0 aromatic heterocycles. The predicted octanol–water partition coefficient (Wildman–Crippen LogP) is 2.29. The van der Waals surface area contributed by atoms with Crippen molar-refractivity contribution < 1.29 is 27.1 Å². The Morgan fingerprint density at radius 3 is 2.39 bits per heavy atom. The van der Waals surface area contributed by atoms with Crippen molar-refractivity contribution in [1.29, 1.82) is 0 Å². The fraction of sp³-hybridized carbons (Fsp3) is 0.316. The van der Waals surface area contributed by atoms with E-state index in [-0.39, 0.29) is 24.1 Å². The minimum absolute atomic E-state index is 0.0675. The maximum atomic E-state index is 13.7. The van der Waals surface area contributed by atoms with Gasteiger partial charge in [0.05, 0.1) is 12.5 Å². The molecule has 9 heteroatoms. The van der Waals surface area contributed by atoms with Crippen molar-refractivity contribution >= 4 is 21.6 Å². The van der Waals surface area contributed by atoms with E-state index in [0.29, 0.717) is 37.6 Å². The van der Waals surface area contributed by atoms with Crippen LogP contribution < -0.4 is 4.72 Å². The molecule has 0 atom stereocenters. The average molecular weight is 410 g/mol. The smallest absolute Gasteiger partial charge is 0.264 e. The first kappa shape index (κ1) is 20.2. The van der Waals surface area contributed by atoms with Crippen LogP contribution in [-0.2, 0) is 21.2 Å². The van der Waals surface area contributed by atoms with Gasteiger partial charge in [-0.15, -0.1) is 0 Å². The molecular formula is C19H20F2N2O4S. The molecule has 28 heavy (non-hydrogen) atoms. The average Bonchev–Trinajstić information content (AvgIpc) is 2.65. The molecule has 1 aliphatic rings. The molecule has 6 nitrogen and oxygen atoms in total. The Balaban J connectivity index is 1.66. The highest BCUT2D eigenvalue weighted by Gasteiger charge is 2.22. The van der Waals surface area contributed by atoms with E-state index in [9.17, 15) is 27.1 Å². The number of anilines is 1. The number of aliphatic hydroxyl groups is 1. The SMILES string of the molecule is O=C(Cc1ccc(NS(=O)(=O)c2cc(F)ccc2F)cc1)N1CCC(O)CC1. The number of carbonyl (C=O) groups is 1. The topological polar surface area (TPSA) is 86.7 Å². The molecule has 2 N–H and O–H groups in total. The normalized spacial score (nSPS) is 15.5. The van der Waals surface area contributed by atoms with Crippen LogP contribution in [0, 0.1) is 11.6 Å². The van der Waals surface area contributed by atoms with Gasteiger partial charge in [0.1, 0.15) is 16.5 Å². The van der Waals surface area contributed by atoms with Crippen molar-refractivity contribution in [2.24, 2.45) is 0 Å². The largest absolute Gasteiger partial charge is 0.393 e. The summed E-state index contributed by atoms with van der Waals surface area (Å²) >= 11 is 0. The lowest BCUT2D eigenvalue weighted by atomic mass is 10.1. The quantitative estimate of drug-likeness (QED) is 0.792. The van der Waals surface area contributed by atoms with E-state index in [0.717, 1.165) is 12.1 Å². The second-order valence-electron chi connectivity index (χ2n) is 6.67. The zero-order valence-electron chi connectivity index (χ0n) is 14.9. The van der Waals surface area contributed by atoms with Crippen LogP contribution in [-0.4, -0.2) is 43.5 Å². The van der Waals surface area contributed by atoms with Crippen molar-refractivity contribution in [2.75, 3.05) is 17.8 Å². The molecule has 1 fully saturated rings. The Hall–Kier alpha value is -2.52. The summed E-state index contributed by atoms with van der Waals surface area (Å²) in [6.07, 6.45) is 0.910.